The number of aromatic nitrogens is 2. The number of rotatable bonds is 7. The van der Waals surface area contributed by atoms with Crippen molar-refractivity contribution in [2.75, 3.05) is 14.2 Å². The monoisotopic (exact) mass is 432 g/mol. The van der Waals surface area contributed by atoms with E-state index in [0.717, 1.165) is 16.8 Å². The van der Waals surface area contributed by atoms with E-state index < -0.39 is 0 Å². The van der Waals surface area contributed by atoms with Crippen LogP contribution in [0.25, 0.3) is 11.3 Å². The van der Waals surface area contributed by atoms with Crippen LogP contribution in [0.5, 0.6) is 11.5 Å². The van der Waals surface area contributed by atoms with Crippen LogP contribution in [-0.2, 0) is 11.2 Å². The molecule has 0 fully saturated rings. The zero-order valence-corrected chi connectivity index (χ0v) is 17.2. The maximum Gasteiger partial charge on any atom is 0.244 e. The number of methoxy groups -OCH3 is 2. The predicted octanol–water partition coefficient (Wildman–Crippen LogP) is 4.09. The lowest BCUT2D eigenvalue weighted by molar-refractivity contribution is -0.120. The molecule has 0 radical (unpaired) electrons. The molecule has 150 valence electrons. The number of H-pyrrole nitrogens is 1. The number of benzene rings is 2. The molecule has 29 heavy (non-hydrogen) atoms. The van der Waals surface area contributed by atoms with Gasteiger partial charge in [-0.2, -0.15) is 10.2 Å². The molecule has 1 aromatic heterocycles. The molecule has 3 rings (SSSR count). The van der Waals surface area contributed by atoms with Crippen LogP contribution >= 0.6 is 23.2 Å². The van der Waals surface area contributed by atoms with Gasteiger partial charge in [0.05, 0.1) is 48.8 Å². The quantitative estimate of drug-likeness (QED) is 0.434. The molecule has 0 saturated heterocycles. The van der Waals surface area contributed by atoms with Gasteiger partial charge in [-0.25, -0.2) is 5.43 Å². The maximum atomic E-state index is 12.1. The molecule has 0 saturated carbocycles. The molecule has 7 nitrogen and oxygen atoms in total. The van der Waals surface area contributed by atoms with Crippen LogP contribution in [0.15, 0.2) is 47.7 Å². The SMILES string of the molecule is COc1ccc(-c2[nH]ncc2/C=N\NC(=O)Cc2ccc(Cl)c(Cl)c2)cc1OC. The van der Waals surface area contributed by atoms with Crippen molar-refractivity contribution in [3.63, 3.8) is 0 Å². The second-order valence-corrected chi connectivity index (χ2v) is 6.80. The summed E-state index contributed by atoms with van der Waals surface area (Å²) in [6.07, 6.45) is 3.26. The molecule has 1 heterocycles. The predicted molar refractivity (Wildman–Crippen MR) is 113 cm³/mol. The first kappa shape index (κ1) is 20.7. The van der Waals surface area contributed by atoms with Crippen molar-refractivity contribution in [3.8, 4) is 22.8 Å². The highest BCUT2D eigenvalue weighted by atomic mass is 35.5. The Bertz CT molecular complexity index is 1050. The Kier molecular flexibility index (Phi) is 6.74. The molecule has 0 unspecified atom stereocenters. The van der Waals surface area contributed by atoms with E-state index in [1.54, 1.807) is 44.7 Å². The standard InChI is InChI=1S/C20H18Cl2N4O3/c1-28-17-6-4-13(9-18(17)29-2)20-14(11-24-26-20)10-23-25-19(27)8-12-3-5-15(21)16(22)7-12/h3-7,9-11H,8H2,1-2H3,(H,24,26)(H,25,27)/b23-10-. The van der Waals surface area contributed by atoms with Gasteiger partial charge in [0.2, 0.25) is 5.91 Å². The van der Waals surface area contributed by atoms with Crippen LogP contribution in [0, 0.1) is 0 Å². The first-order valence-electron chi connectivity index (χ1n) is 8.53. The zero-order chi connectivity index (χ0) is 20.8. The smallest absolute Gasteiger partial charge is 0.244 e. The fraction of sp³-hybridized carbons (Fsp3) is 0.150. The lowest BCUT2D eigenvalue weighted by Gasteiger charge is -2.09. The Morgan fingerprint density at radius 3 is 2.66 bits per heavy atom. The number of amides is 1. The first-order valence-corrected chi connectivity index (χ1v) is 9.29. The molecule has 0 aliphatic carbocycles. The van der Waals surface area contributed by atoms with E-state index in [2.05, 4.69) is 20.7 Å². The number of hydrazone groups is 1. The number of aromatic amines is 1. The molecule has 2 N–H and O–H groups in total. The molecule has 0 atom stereocenters. The second kappa shape index (κ2) is 9.45. The number of carbonyl (C=O) groups excluding carboxylic acids is 1. The molecule has 9 heteroatoms. The van der Waals surface area contributed by atoms with Crippen LogP contribution < -0.4 is 14.9 Å². The van der Waals surface area contributed by atoms with E-state index in [0.29, 0.717) is 27.1 Å². The average molecular weight is 433 g/mol. The Hall–Kier alpha value is -3.03. The molecular weight excluding hydrogens is 415 g/mol. The van der Waals surface area contributed by atoms with Gasteiger partial charge in [-0.15, -0.1) is 0 Å². The Balaban J connectivity index is 1.68. The third kappa shape index (κ3) is 5.07. The largest absolute Gasteiger partial charge is 0.493 e. The topological polar surface area (TPSA) is 88.6 Å². The number of halogens is 2. The summed E-state index contributed by atoms with van der Waals surface area (Å²) >= 11 is 11.8. The molecular formula is C20H18Cl2N4O3. The van der Waals surface area contributed by atoms with Crippen molar-refractivity contribution < 1.29 is 14.3 Å². The van der Waals surface area contributed by atoms with Crippen molar-refractivity contribution in [2.24, 2.45) is 5.10 Å². The van der Waals surface area contributed by atoms with Gasteiger partial charge in [-0.3, -0.25) is 9.89 Å². The van der Waals surface area contributed by atoms with Gasteiger partial charge in [-0.1, -0.05) is 29.3 Å². The Labute approximate surface area is 177 Å². The van der Waals surface area contributed by atoms with Crippen molar-refractivity contribution in [1.82, 2.24) is 15.6 Å². The zero-order valence-electron chi connectivity index (χ0n) is 15.7. The highest BCUT2D eigenvalue weighted by Crippen LogP contribution is 2.32. The van der Waals surface area contributed by atoms with Crippen LogP contribution in [-0.4, -0.2) is 36.5 Å². The third-order valence-corrected chi connectivity index (χ3v) is 4.82. The number of nitrogens with one attached hydrogen (secondary N) is 2. The van der Waals surface area contributed by atoms with Crippen LogP contribution in [0.3, 0.4) is 0 Å². The van der Waals surface area contributed by atoms with E-state index in [-0.39, 0.29) is 12.3 Å². The fourth-order valence-electron chi connectivity index (χ4n) is 2.66. The lowest BCUT2D eigenvalue weighted by Crippen LogP contribution is -2.19. The average Bonchev–Trinajstić information content (AvgIpc) is 3.18. The molecule has 0 spiro atoms. The summed E-state index contributed by atoms with van der Waals surface area (Å²) in [5, 5.41) is 11.8. The highest BCUT2D eigenvalue weighted by molar-refractivity contribution is 6.42. The summed E-state index contributed by atoms with van der Waals surface area (Å²) < 4.78 is 10.6. The second-order valence-electron chi connectivity index (χ2n) is 5.99. The maximum absolute atomic E-state index is 12.1. The van der Waals surface area contributed by atoms with Gasteiger partial charge in [0, 0.05) is 11.1 Å². The molecule has 0 bridgehead atoms. The normalized spacial score (nSPS) is 10.9. The van der Waals surface area contributed by atoms with Gasteiger partial charge in [-0.05, 0) is 35.9 Å². The van der Waals surface area contributed by atoms with E-state index in [1.807, 2.05) is 12.1 Å². The van der Waals surface area contributed by atoms with E-state index in [9.17, 15) is 4.79 Å². The summed E-state index contributed by atoms with van der Waals surface area (Å²) in [5.41, 5.74) is 5.50. The van der Waals surface area contributed by atoms with Crippen LogP contribution in [0.2, 0.25) is 10.0 Å². The fourth-order valence-corrected chi connectivity index (χ4v) is 2.99. The summed E-state index contributed by atoms with van der Waals surface area (Å²) in [7, 11) is 3.15. The van der Waals surface area contributed by atoms with Crippen molar-refractivity contribution in [1.29, 1.82) is 0 Å². The minimum Gasteiger partial charge on any atom is -0.493 e. The minimum atomic E-state index is -0.282. The van der Waals surface area contributed by atoms with E-state index >= 15 is 0 Å². The van der Waals surface area contributed by atoms with Gasteiger partial charge in [0.25, 0.3) is 0 Å². The number of carbonyl (C=O) groups is 1. The molecule has 0 aliphatic heterocycles. The Morgan fingerprint density at radius 1 is 1.14 bits per heavy atom. The van der Waals surface area contributed by atoms with Crippen molar-refractivity contribution in [2.45, 2.75) is 6.42 Å². The lowest BCUT2D eigenvalue weighted by atomic mass is 10.1. The summed E-state index contributed by atoms with van der Waals surface area (Å²) in [5.74, 6) is 0.939. The number of ether oxygens (including phenoxy) is 2. The molecule has 1 amide bonds. The Morgan fingerprint density at radius 2 is 1.93 bits per heavy atom. The molecule has 2 aromatic carbocycles. The van der Waals surface area contributed by atoms with E-state index in [4.69, 9.17) is 32.7 Å². The van der Waals surface area contributed by atoms with Gasteiger partial charge in [0.15, 0.2) is 11.5 Å². The summed E-state index contributed by atoms with van der Waals surface area (Å²) in [6.45, 7) is 0. The molecule has 0 aliphatic rings. The van der Waals surface area contributed by atoms with Gasteiger partial charge in [0.1, 0.15) is 0 Å². The van der Waals surface area contributed by atoms with Gasteiger partial charge < -0.3 is 9.47 Å². The molecule has 3 aromatic rings. The van der Waals surface area contributed by atoms with Crippen molar-refractivity contribution in [3.05, 3.63) is 63.8 Å². The van der Waals surface area contributed by atoms with Gasteiger partial charge >= 0.3 is 0 Å². The number of hydrogen-bond donors (Lipinski definition) is 2. The summed E-state index contributed by atoms with van der Waals surface area (Å²) in [6, 6.07) is 10.5. The van der Waals surface area contributed by atoms with Crippen LogP contribution in [0.4, 0.5) is 0 Å². The highest BCUT2D eigenvalue weighted by Gasteiger charge is 2.11. The minimum absolute atomic E-state index is 0.127. The third-order valence-electron chi connectivity index (χ3n) is 4.08. The van der Waals surface area contributed by atoms with Crippen molar-refractivity contribution >= 4 is 35.3 Å². The number of nitrogens with zero attached hydrogens (tertiary/aromatic N) is 2. The van der Waals surface area contributed by atoms with E-state index in [1.165, 1.54) is 6.21 Å². The van der Waals surface area contributed by atoms with Crippen LogP contribution in [0.1, 0.15) is 11.1 Å². The number of hydrogen-bond acceptors (Lipinski definition) is 5. The summed E-state index contributed by atoms with van der Waals surface area (Å²) in [4.78, 5) is 12.1. The first-order chi connectivity index (χ1) is 14.0.